The van der Waals surface area contributed by atoms with Gasteiger partial charge in [0.05, 0.1) is 5.92 Å². The first-order chi connectivity index (χ1) is 15.9. The average molecular weight is 456 g/mol. The molecule has 1 saturated heterocycles. The lowest BCUT2D eigenvalue weighted by molar-refractivity contribution is 0.0291. The van der Waals surface area contributed by atoms with Gasteiger partial charge in [-0.05, 0) is 51.7 Å². The minimum atomic E-state index is -0.494. The molecule has 0 N–H and O–H groups in total. The van der Waals surface area contributed by atoms with Gasteiger partial charge in [0.15, 0.2) is 0 Å². The van der Waals surface area contributed by atoms with E-state index in [2.05, 4.69) is 35.3 Å². The van der Waals surface area contributed by atoms with E-state index in [1.165, 1.54) is 56.9 Å². The molecule has 1 aliphatic heterocycles. The summed E-state index contributed by atoms with van der Waals surface area (Å²) in [4.78, 5) is 18.7. The molecule has 0 spiro atoms. The molecule has 2 aromatic rings. The minimum absolute atomic E-state index is 0.0549. The van der Waals surface area contributed by atoms with Crippen molar-refractivity contribution in [3.63, 3.8) is 0 Å². The summed E-state index contributed by atoms with van der Waals surface area (Å²) in [5.41, 5.74) is 1.82. The Labute approximate surface area is 199 Å². The number of hydrogen-bond donors (Lipinski definition) is 0. The summed E-state index contributed by atoms with van der Waals surface area (Å²) in [7, 11) is 0. The summed E-state index contributed by atoms with van der Waals surface area (Å²) in [5.74, 6) is 1.28. The molecule has 33 heavy (non-hydrogen) atoms. The van der Waals surface area contributed by atoms with Gasteiger partial charge < -0.3 is 14.2 Å². The summed E-state index contributed by atoms with van der Waals surface area (Å²) >= 11 is 0. The Kier molecular flexibility index (Phi) is 9.33. The van der Waals surface area contributed by atoms with Crippen LogP contribution >= 0.6 is 0 Å². The van der Waals surface area contributed by atoms with Gasteiger partial charge in [-0.25, -0.2) is 4.79 Å². The van der Waals surface area contributed by atoms with E-state index in [0.717, 1.165) is 18.4 Å². The number of benzene rings is 1. The normalized spacial score (nSPS) is 16.4. The molecule has 0 bridgehead atoms. The molecule has 1 amide bonds. The van der Waals surface area contributed by atoms with Crippen LogP contribution in [0, 0.1) is 0 Å². The van der Waals surface area contributed by atoms with Gasteiger partial charge in [0.25, 0.3) is 0 Å². The molecular weight excluding hydrogens is 414 g/mol. The van der Waals surface area contributed by atoms with Crippen molar-refractivity contribution < 1.29 is 14.1 Å². The molecule has 1 aromatic carbocycles. The zero-order valence-electron chi connectivity index (χ0n) is 20.9. The number of rotatable bonds is 11. The highest BCUT2D eigenvalue weighted by atomic mass is 16.6. The lowest BCUT2D eigenvalue weighted by atomic mass is 10.0. The first-order valence-electron chi connectivity index (χ1n) is 12.8. The van der Waals surface area contributed by atoms with Crippen LogP contribution < -0.4 is 0 Å². The Morgan fingerprint density at radius 2 is 1.85 bits per heavy atom. The number of unbranched alkanes of at least 4 members (excludes halogenated alkanes) is 7. The van der Waals surface area contributed by atoms with Gasteiger partial charge >= 0.3 is 6.09 Å². The first kappa shape index (κ1) is 25.3. The van der Waals surface area contributed by atoms with Crippen molar-refractivity contribution in [3.05, 3.63) is 35.7 Å². The van der Waals surface area contributed by atoms with Crippen molar-refractivity contribution in [2.75, 3.05) is 13.1 Å². The van der Waals surface area contributed by atoms with E-state index in [-0.39, 0.29) is 12.0 Å². The Balaban J connectivity index is 1.48. The van der Waals surface area contributed by atoms with Crippen LogP contribution in [0.4, 0.5) is 4.79 Å². The third-order valence-electron chi connectivity index (χ3n) is 6.14. The van der Waals surface area contributed by atoms with Gasteiger partial charge in [-0.15, -0.1) is 0 Å². The summed E-state index contributed by atoms with van der Waals surface area (Å²) in [6.45, 7) is 9.10. The molecule has 0 unspecified atom stereocenters. The molecule has 0 aliphatic carbocycles. The zero-order chi connectivity index (χ0) is 23.7. The molecule has 6 nitrogen and oxygen atoms in total. The Bertz CT molecular complexity index is 871. The summed E-state index contributed by atoms with van der Waals surface area (Å²) in [6.07, 6.45) is 12.2. The molecule has 182 valence electrons. The Hall–Kier alpha value is -2.37. The average Bonchev–Trinajstić information content (AvgIpc) is 3.44. The predicted octanol–water partition coefficient (Wildman–Crippen LogP) is 7.14. The lowest BCUT2D eigenvalue weighted by Crippen LogP contribution is -2.35. The third-order valence-corrected chi connectivity index (χ3v) is 6.14. The van der Waals surface area contributed by atoms with Crippen molar-refractivity contribution in [1.29, 1.82) is 0 Å². The largest absolute Gasteiger partial charge is 0.444 e. The van der Waals surface area contributed by atoms with Crippen molar-refractivity contribution in [1.82, 2.24) is 15.0 Å². The standard InChI is InChI=1S/C27H41N3O3/c1-5-6-7-8-9-10-11-12-14-21-15-13-16-22(19-21)24-28-25(33-29-24)23-17-18-30(20-23)26(31)32-27(2,3)4/h13,15-16,19,23H,5-12,14,17-18,20H2,1-4H3/t23-/m1/s1. The van der Waals surface area contributed by atoms with Gasteiger partial charge in [-0.1, -0.05) is 75.2 Å². The zero-order valence-corrected chi connectivity index (χ0v) is 20.9. The van der Waals surface area contributed by atoms with E-state index in [9.17, 15) is 4.79 Å². The third kappa shape index (κ3) is 8.17. The number of aromatic nitrogens is 2. The summed E-state index contributed by atoms with van der Waals surface area (Å²) in [5, 5.41) is 4.23. The lowest BCUT2D eigenvalue weighted by Gasteiger charge is -2.24. The number of hydrogen-bond acceptors (Lipinski definition) is 5. The molecule has 3 rings (SSSR count). The van der Waals surface area contributed by atoms with E-state index >= 15 is 0 Å². The Morgan fingerprint density at radius 1 is 1.12 bits per heavy atom. The monoisotopic (exact) mass is 455 g/mol. The van der Waals surface area contributed by atoms with Crippen LogP contribution in [0.3, 0.4) is 0 Å². The summed E-state index contributed by atoms with van der Waals surface area (Å²) < 4.78 is 11.1. The fraction of sp³-hybridized carbons (Fsp3) is 0.667. The topological polar surface area (TPSA) is 68.5 Å². The minimum Gasteiger partial charge on any atom is -0.444 e. The second kappa shape index (κ2) is 12.2. The highest BCUT2D eigenvalue weighted by molar-refractivity contribution is 5.68. The quantitative estimate of drug-likeness (QED) is 0.337. The van der Waals surface area contributed by atoms with E-state index in [1.807, 2.05) is 26.8 Å². The predicted molar refractivity (Wildman–Crippen MR) is 131 cm³/mol. The van der Waals surface area contributed by atoms with Crippen molar-refractivity contribution in [2.24, 2.45) is 0 Å². The SMILES string of the molecule is CCCCCCCCCCc1cccc(-c2noc([C@@H]3CCN(C(=O)OC(C)(C)C)C3)n2)c1. The van der Waals surface area contributed by atoms with E-state index < -0.39 is 5.60 Å². The van der Waals surface area contributed by atoms with Gasteiger partial charge in [0.2, 0.25) is 11.7 Å². The summed E-state index contributed by atoms with van der Waals surface area (Å²) in [6, 6.07) is 8.47. The number of likely N-dealkylation sites (tertiary alicyclic amines) is 1. The first-order valence-corrected chi connectivity index (χ1v) is 12.8. The molecule has 0 saturated carbocycles. The number of carbonyl (C=O) groups is 1. The van der Waals surface area contributed by atoms with Crippen LogP contribution in [0.5, 0.6) is 0 Å². The van der Waals surface area contributed by atoms with E-state index in [0.29, 0.717) is 24.8 Å². The highest BCUT2D eigenvalue weighted by Gasteiger charge is 2.33. The molecule has 1 aromatic heterocycles. The maximum Gasteiger partial charge on any atom is 0.410 e. The molecule has 2 heterocycles. The van der Waals surface area contributed by atoms with Gasteiger partial charge in [-0.3, -0.25) is 0 Å². The Morgan fingerprint density at radius 3 is 2.58 bits per heavy atom. The fourth-order valence-electron chi connectivity index (χ4n) is 4.30. The van der Waals surface area contributed by atoms with Crippen LogP contribution in [0.1, 0.15) is 103 Å². The van der Waals surface area contributed by atoms with Gasteiger partial charge in [0, 0.05) is 18.7 Å². The molecule has 6 heteroatoms. The molecule has 0 radical (unpaired) electrons. The highest BCUT2D eigenvalue weighted by Crippen LogP contribution is 2.29. The van der Waals surface area contributed by atoms with Crippen LogP contribution in [-0.2, 0) is 11.2 Å². The smallest absolute Gasteiger partial charge is 0.410 e. The van der Waals surface area contributed by atoms with Crippen LogP contribution in [0.25, 0.3) is 11.4 Å². The number of carbonyl (C=O) groups excluding carboxylic acids is 1. The van der Waals surface area contributed by atoms with E-state index in [1.54, 1.807) is 4.90 Å². The number of nitrogens with zero attached hydrogens (tertiary/aromatic N) is 3. The van der Waals surface area contributed by atoms with E-state index in [4.69, 9.17) is 9.26 Å². The van der Waals surface area contributed by atoms with Gasteiger partial charge in [-0.2, -0.15) is 4.98 Å². The molecule has 1 aliphatic rings. The number of ether oxygens (including phenoxy) is 1. The second-order valence-electron chi connectivity index (χ2n) is 10.3. The molecule has 1 atom stereocenters. The van der Waals surface area contributed by atoms with Crippen LogP contribution in [0.15, 0.2) is 28.8 Å². The fourth-order valence-corrected chi connectivity index (χ4v) is 4.30. The van der Waals surface area contributed by atoms with Crippen molar-refractivity contribution in [3.8, 4) is 11.4 Å². The van der Waals surface area contributed by atoms with Crippen molar-refractivity contribution >= 4 is 6.09 Å². The van der Waals surface area contributed by atoms with Gasteiger partial charge in [0.1, 0.15) is 5.60 Å². The molecule has 1 fully saturated rings. The van der Waals surface area contributed by atoms with Crippen LogP contribution in [-0.4, -0.2) is 39.8 Å². The molecular formula is C27H41N3O3. The number of aryl methyl sites for hydroxylation is 1. The second-order valence-corrected chi connectivity index (χ2v) is 10.3. The maximum absolute atomic E-state index is 12.3. The maximum atomic E-state index is 12.3. The van der Waals surface area contributed by atoms with Crippen molar-refractivity contribution in [2.45, 2.75) is 103 Å². The number of amides is 1. The van der Waals surface area contributed by atoms with Crippen LogP contribution in [0.2, 0.25) is 0 Å².